The molecular weight excluding hydrogens is 244 g/mol. The fraction of sp³-hybridized carbons (Fsp3) is 0.429. The number of rotatable bonds is 2. The van der Waals surface area contributed by atoms with E-state index in [9.17, 15) is 4.79 Å². The van der Waals surface area contributed by atoms with Crippen LogP contribution in [0.15, 0.2) is 24.3 Å². The molecule has 1 aromatic carbocycles. The molecule has 0 spiro atoms. The molecule has 1 aliphatic rings. The zero-order valence-electron chi connectivity index (χ0n) is 10.7. The van der Waals surface area contributed by atoms with Crippen LogP contribution in [0.5, 0.6) is 0 Å². The largest absolute Gasteiger partial charge is 0.389 e. The Balaban J connectivity index is 2.19. The first kappa shape index (κ1) is 13.0. The van der Waals surface area contributed by atoms with Gasteiger partial charge in [0.05, 0.1) is 0 Å². The Hall–Kier alpha value is -1.42. The van der Waals surface area contributed by atoms with E-state index in [2.05, 4.69) is 13.8 Å². The molecule has 2 rings (SSSR count). The van der Waals surface area contributed by atoms with Crippen LogP contribution in [0.1, 0.15) is 29.8 Å². The van der Waals surface area contributed by atoms with Crippen molar-refractivity contribution in [1.29, 1.82) is 0 Å². The van der Waals surface area contributed by atoms with Crippen molar-refractivity contribution >= 4 is 23.1 Å². The molecule has 18 heavy (non-hydrogen) atoms. The van der Waals surface area contributed by atoms with E-state index in [-0.39, 0.29) is 5.91 Å². The molecule has 0 saturated carbocycles. The van der Waals surface area contributed by atoms with Gasteiger partial charge in [0.1, 0.15) is 4.99 Å². The molecular formula is C14H18N2OS. The van der Waals surface area contributed by atoms with Crippen molar-refractivity contribution in [2.24, 2.45) is 17.6 Å². The topological polar surface area (TPSA) is 46.3 Å². The second-order valence-electron chi connectivity index (χ2n) is 5.11. The molecule has 1 heterocycles. The fourth-order valence-corrected chi connectivity index (χ4v) is 2.41. The number of amides is 1. The molecule has 3 nitrogen and oxygen atoms in total. The Kier molecular flexibility index (Phi) is 3.66. The van der Waals surface area contributed by atoms with E-state index in [1.54, 1.807) is 6.07 Å². The molecule has 2 N–H and O–H groups in total. The summed E-state index contributed by atoms with van der Waals surface area (Å²) >= 11 is 4.93. The highest BCUT2D eigenvalue weighted by Crippen LogP contribution is 2.23. The number of nitrogens with zero attached hydrogens (tertiary/aromatic N) is 1. The number of hydrogen-bond acceptors (Lipinski definition) is 2. The third kappa shape index (κ3) is 2.53. The molecule has 0 aliphatic carbocycles. The van der Waals surface area contributed by atoms with Crippen molar-refractivity contribution in [2.75, 3.05) is 13.1 Å². The highest BCUT2D eigenvalue weighted by atomic mass is 32.1. The second kappa shape index (κ2) is 5.06. The van der Waals surface area contributed by atoms with Crippen LogP contribution < -0.4 is 5.73 Å². The molecule has 96 valence electrons. The lowest BCUT2D eigenvalue weighted by Gasteiger charge is -2.16. The summed E-state index contributed by atoms with van der Waals surface area (Å²) in [5.41, 5.74) is 7.00. The first-order chi connectivity index (χ1) is 8.49. The predicted octanol–water partition coefficient (Wildman–Crippen LogP) is 2.05. The summed E-state index contributed by atoms with van der Waals surface area (Å²) in [7, 11) is 0. The second-order valence-corrected chi connectivity index (χ2v) is 5.55. The van der Waals surface area contributed by atoms with Gasteiger partial charge < -0.3 is 10.6 Å². The van der Waals surface area contributed by atoms with Crippen LogP contribution in [0.3, 0.4) is 0 Å². The average Bonchev–Trinajstić information content (AvgIpc) is 2.69. The minimum Gasteiger partial charge on any atom is -0.389 e. The maximum Gasteiger partial charge on any atom is 0.253 e. The molecule has 2 unspecified atom stereocenters. The van der Waals surface area contributed by atoms with Crippen molar-refractivity contribution in [3.63, 3.8) is 0 Å². The van der Waals surface area contributed by atoms with Gasteiger partial charge in [0, 0.05) is 24.2 Å². The zero-order valence-corrected chi connectivity index (χ0v) is 11.5. The Morgan fingerprint density at radius 3 is 2.39 bits per heavy atom. The maximum atomic E-state index is 12.4. The van der Waals surface area contributed by atoms with Gasteiger partial charge in [0.25, 0.3) is 5.91 Å². The summed E-state index contributed by atoms with van der Waals surface area (Å²) in [6, 6.07) is 7.25. The minimum atomic E-state index is 0.0734. The lowest BCUT2D eigenvalue weighted by molar-refractivity contribution is 0.0785. The number of carbonyl (C=O) groups is 1. The quantitative estimate of drug-likeness (QED) is 0.830. The summed E-state index contributed by atoms with van der Waals surface area (Å²) in [5.74, 6) is 1.20. The van der Waals surface area contributed by atoms with E-state index in [4.69, 9.17) is 18.0 Å². The smallest absolute Gasteiger partial charge is 0.253 e. The summed E-state index contributed by atoms with van der Waals surface area (Å²) in [6.45, 7) is 6.03. The SMILES string of the molecule is CC1CN(C(=O)c2cccc(C(N)=S)c2)CC1C. The number of thiocarbonyl (C=S) groups is 1. The molecule has 1 saturated heterocycles. The monoisotopic (exact) mass is 262 g/mol. The zero-order chi connectivity index (χ0) is 13.3. The van der Waals surface area contributed by atoms with Gasteiger partial charge in [-0.1, -0.05) is 38.2 Å². The van der Waals surface area contributed by atoms with Gasteiger partial charge in [0.2, 0.25) is 0 Å². The fourth-order valence-electron chi connectivity index (χ4n) is 2.28. The molecule has 1 aromatic rings. The molecule has 4 heteroatoms. The first-order valence-electron chi connectivity index (χ1n) is 6.18. The van der Waals surface area contributed by atoms with Crippen LogP contribution in [-0.4, -0.2) is 28.9 Å². The Bertz CT molecular complexity index is 476. The summed E-state index contributed by atoms with van der Waals surface area (Å²) in [6.07, 6.45) is 0. The van der Waals surface area contributed by atoms with Crippen LogP contribution in [0, 0.1) is 11.8 Å². The Labute approximate surface area is 113 Å². The number of benzene rings is 1. The van der Waals surface area contributed by atoms with Crippen LogP contribution in [-0.2, 0) is 0 Å². The normalized spacial score (nSPS) is 23.1. The third-order valence-corrected chi connectivity index (χ3v) is 3.91. The van der Waals surface area contributed by atoms with Gasteiger partial charge in [-0.25, -0.2) is 0 Å². The molecule has 2 atom stereocenters. The van der Waals surface area contributed by atoms with E-state index >= 15 is 0 Å². The summed E-state index contributed by atoms with van der Waals surface area (Å²) in [4.78, 5) is 14.6. The van der Waals surface area contributed by atoms with Crippen LogP contribution in [0.4, 0.5) is 0 Å². The predicted molar refractivity (Wildman–Crippen MR) is 76.6 cm³/mol. The van der Waals surface area contributed by atoms with Crippen LogP contribution in [0.25, 0.3) is 0 Å². The molecule has 1 amide bonds. The summed E-state index contributed by atoms with van der Waals surface area (Å²) in [5, 5.41) is 0. The molecule has 0 aromatic heterocycles. The van der Waals surface area contributed by atoms with Crippen molar-refractivity contribution in [2.45, 2.75) is 13.8 Å². The van der Waals surface area contributed by atoms with Crippen molar-refractivity contribution < 1.29 is 4.79 Å². The highest BCUT2D eigenvalue weighted by Gasteiger charge is 2.29. The van der Waals surface area contributed by atoms with E-state index in [1.165, 1.54) is 0 Å². The Morgan fingerprint density at radius 2 is 1.83 bits per heavy atom. The average molecular weight is 262 g/mol. The van der Waals surface area contributed by atoms with Gasteiger partial charge in [0.15, 0.2) is 0 Å². The van der Waals surface area contributed by atoms with Gasteiger partial charge in [-0.15, -0.1) is 0 Å². The third-order valence-electron chi connectivity index (χ3n) is 3.67. The van der Waals surface area contributed by atoms with Crippen molar-refractivity contribution in [3.05, 3.63) is 35.4 Å². The number of hydrogen-bond donors (Lipinski definition) is 1. The number of carbonyl (C=O) groups excluding carboxylic acids is 1. The van der Waals surface area contributed by atoms with E-state index < -0.39 is 0 Å². The number of likely N-dealkylation sites (tertiary alicyclic amines) is 1. The molecule has 0 radical (unpaired) electrons. The van der Waals surface area contributed by atoms with E-state index in [1.807, 2.05) is 23.1 Å². The van der Waals surface area contributed by atoms with E-state index in [0.717, 1.165) is 18.7 Å². The van der Waals surface area contributed by atoms with Crippen molar-refractivity contribution in [3.8, 4) is 0 Å². The van der Waals surface area contributed by atoms with Crippen molar-refractivity contribution in [1.82, 2.24) is 4.90 Å². The van der Waals surface area contributed by atoms with Crippen LogP contribution in [0.2, 0.25) is 0 Å². The Morgan fingerprint density at radius 1 is 1.28 bits per heavy atom. The standard InChI is InChI=1S/C14H18N2OS/c1-9-7-16(8-10(9)2)14(17)12-5-3-4-11(6-12)13(15)18/h3-6,9-10H,7-8H2,1-2H3,(H2,15,18). The minimum absolute atomic E-state index is 0.0734. The van der Waals surface area contributed by atoms with Gasteiger partial charge >= 0.3 is 0 Å². The molecule has 0 bridgehead atoms. The number of nitrogens with two attached hydrogens (primary N) is 1. The van der Waals surface area contributed by atoms with Gasteiger partial charge in [-0.3, -0.25) is 4.79 Å². The highest BCUT2D eigenvalue weighted by molar-refractivity contribution is 7.80. The molecule has 1 aliphatic heterocycles. The van der Waals surface area contributed by atoms with E-state index in [0.29, 0.717) is 22.4 Å². The first-order valence-corrected chi connectivity index (χ1v) is 6.59. The lowest BCUT2D eigenvalue weighted by atomic mass is 10.0. The van der Waals surface area contributed by atoms with Gasteiger partial charge in [-0.2, -0.15) is 0 Å². The molecule has 1 fully saturated rings. The maximum absolute atomic E-state index is 12.4. The van der Waals surface area contributed by atoms with Gasteiger partial charge in [-0.05, 0) is 24.0 Å². The summed E-state index contributed by atoms with van der Waals surface area (Å²) < 4.78 is 0. The van der Waals surface area contributed by atoms with Crippen LogP contribution >= 0.6 is 12.2 Å². The lowest BCUT2D eigenvalue weighted by Crippen LogP contribution is -2.29.